The molecule has 8 heteroatoms. The number of para-hydroxylation sites is 1. The number of aromatic nitrogens is 4. The number of amides is 1. The number of thiophene rings is 1. The monoisotopic (exact) mass is 354 g/mol. The van der Waals surface area contributed by atoms with Gasteiger partial charge in [-0.3, -0.25) is 4.79 Å². The van der Waals surface area contributed by atoms with E-state index in [1.165, 1.54) is 11.3 Å². The summed E-state index contributed by atoms with van der Waals surface area (Å²) in [5, 5.41) is 17.2. The molecule has 4 rings (SSSR count). The summed E-state index contributed by atoms with van der Waals surface area (Å²) in [7, 11) is 0. The fourth-order valence-electron chi connectivity index (χ4n) is 3.00. The van der Waals surface area contributed by atoms with Crippen LogP contribution >= 0.6 is 11.3 Å². The minimum absolute atomic E-state index is 0.0163. The third-order valence-electron chi connectivity index (χ3n) is 4.31. The van der Waals surface area contributed by atoms with Gasteiger partial charge in [0.05, 0.1) is 10.6 Å². The topological polar surface area (TPSA) is 75.9 Å². The average molecular weight is 354 g/mol. The van der Waals surface area contributed by atoms with Crippen LogP contribution in [0.25, 0.3) is 5.69 Å². The summed E-state index contributed by atoms with van der Waals surface area (Å²) in [5.41, 5.74) is 0.940. The second kappa shape index (κ2) is 7.02. The zero-order valence-electron chi connectivity index (χ0n) is 13.6. The second-order valence-corrected chi connectivity index (χ2v) is 6.89. The standard InChI is InChI=1S/C17H18N6OS/c24-16(15-7-4-12-25-15)18-13-8-10-22(11-9-13)17-19-20-21-23(17)14-5-2-1-3-6-14/h1-7,12-13H,8-11H2,(H,18,24). The molecule has 3 aromatic rings. The third kappa shape index (κ3) is 3.39. The van der Waals surface area contributed by atoms with Crippen LogP contribution in [0, 0.1) is 0 Å². The Morgan fingerprint density at radius 2 is 1.92 bits per heavy atom. The van der Waals surface area contributed by atoms with Gasteiger partial charge in [-0.25, -0.2) is 0 Å². The number of nitrogens with one attached hydrogen (secondary N) is 1. The SMILES string of the molecule is O=C(NC1CCN(c2nnnn2-c2ccccc2)CC1)c1cccs1. The van der Waals surface area contributed by atoms with Crippen molar-refractivity contribution in [3.8, 4) is 5.69 Å². The number of carbonyl (C=O) groups is 1. The molecule has 0 unspecified atom stereocenters. The van der Waals surface area contributed by atoms with E-state index in [0.717, 1.165) is 42.4 Å². The van der Waals surface area contributed by atoms with E-state index in [4.69, 9.17) is 0 Å². The maximum Gasteiger partial charge on any atom is 0.261 e. The number of hydrogen-bond acceptors (Lipinski definition) is 6. The lowest BCUT2D eigenvalue weighted by atomic mass is 10.1. The molecule has 1 aromatic carbocycles. The lowest BCUT2D eigenvalue weighted by molar-refractivity contribution is 0.0935. The van der Waals surface area contributed by atoms with Gasteiger partial charge in [-0.15, -0.1) is 11.3 Å². The van der Waals surface area contributed by atoms with E-state index in [0.29, 0.717) is 0 Å². The van der Waals surface area contributed by atoms with E-state index in [1.807, 2.05) is 47.8 Å². The van der Waals surface area contributed by atoms with Gasteiger partial charge in [0.25, 0.3) is 5.91 Å². The molecule has 1 fully saturated rings. The molecule has 128 valence electrons. The van der Waals surface area contributed by atoms with Gasteiger partial charge >= 0.3 is 0 Å². The van der Waals surface area contributed by atoms with Crippen molar-refractivity contribution in [3.05, 3.63) is 52.7 Å². The van der Waals surface area contributed by atoms with E-state index in [-0.39, 0.29) is 11.9 Å². The van der Waals surface area contributed by atoms with Crippen LogP contribution in [0.15, 0.2) is 47.8 Å². The number of benzene rings is 1. The summed E-state index contributed by atoms with van der Waals surface area (Å²) in [5.74, 6) is 0.761. The molecule has 2 aromatic heterocycles. The molecule has 1 aliphatic heterocycles. The fourth-order valence-corrected chi connectivity index (χ4v) is 3.63. The summed E-state index contributed by atoms with van der Waals surface area (Å²) < 4.78 is 1.75. The molecule has 0 atom stereocenters. The first-order valence-corrected chi connectivity index (χ1v) is 9.12. The maximum absolute atomic E-state index is 12.2. The number of hydrogen-bond donors (Lipinski definition) is 1. The number of tetrazole rings is 1. The lowest BCUT2D eigenvalue weighted by Gasteiger charge is -2.32. The largest absolute Gasteiger partial charge is 0.348 e. The third-order valence-corrected chi connectivity index (χ3v) is 5.18. The van der Waals surface area contributed by atoms with E-state index in [1.54, 1.807) is 4.68 Å². The molecule has 1 aliphatic rings. The number of rotatable bonds is 4. The van der Waals surface area contributed by atoms with Crippen molar-refractivity contribution in [3.63, 3.8) is 0 Å². The quantitative estimate of drug-likeness (QED) is 0.777. The first-order chi connectivity index (χ1) is 12.3. The summed E-state index contributed by atoms with van der Waals surface area (Å²) >= 11 is 1.47. The van der Waals surface area contributed by atoms with Crippen LogP contribution in [0.2, 0.25) is 0 Å². The first-order valence-electron chi connectivity index (χ1n) is 8.24. The van der Waals surface area contributed by atoms with Gasteiger partial charge in [0.15, 0.2) is 0 Å². The van der Waals surface area contributed by atoms with Gasteiger partial charge in [0.2, 0.25) is 5.95 Å². The van der Waals surface area contributed by atoms with E-state index >= 15 is 0 Å². The van der Waals surface area contributed by atoms with Gasteiger partial charge in [-0.1, -0.05) is 29.4 Å². The lowest BCUT2D eigenvalue weighted by Crippen LogP contribution is -2.45. The summed E-state index contributed by atoms with van der Waals surface area (Å²) in [6.45, 7) is 1.62. The Morgan fingerprint density at radius 3 is 2.64 bits per heavy atom. The molecule has 0 radical (unpaired) electrons. The van der Waals surface area contributed by atoms with Crippen molar-refractivity contribution in [2.75, 3.05) is 18.0 Å². The molecule has 0 spiro atoms. The van der Waals surface area contributed by atoms with Crippen molar-refractivity contribution in [2.24, 2.45) is 0 Å². The van der Waals surface area contributed by atoms with Gasteiger partial charge in [-0.2, -0.15) is 4.68 Å². The minimum Gasteiger partial charge on any atom is -0.348 e. The minimum atomic E-state index is 0.0163. The second-order valence-electron chi connectivity index (χ2n) is 5.94. The molecule has 0 saturated carbocycles. The Kier molecular flexibility index (Phi) is 4.43. The molecule has 1 saturated heterocycles. The predicted octanol–water partition coefficient (Wildman–Crippen LogP) is 2.12. The number of nitrogens with zero attached hydrogens (tertiary/aromatic N) is 5. The Labute approximate surface area is 149 Å². The van der Waals surface area contributed by atoms with Crippen molar-refractivity contribution >= 4 is 23.2 Å². The highest BCUT2D eigenvalue weighted by atomic mass is 32.1. The highest BCUT2D eigenvalue weighted by Crippen LogP contribution is 2.20. The van der Waals surface area contributed by atoms with E-state index in [2.05, 4.69) is 25.7 Å². The van der Waals surface area contributed by atoms with Crippen molar-refractivity contribution in [2.45, 2.75) is 18.9 Å². The van der Waals surface area contributed by atoms with Crippen molar-refractivity contribution < 1.29 is 4.79 Å². The van der Waals surface area contributed by atoms with Crippen LogP contribution in [0.1, 0.15) is 22.5 Å². The van der Waals surface area contributed by atoms with Crippen LogP contribution in [0.4, 0.5) is 5.95 Å². The van der Waals surface area contributed by atoms with Crippen LogP contribution in [-0.2, 0) is 0 Å². The van der Waals surface area contributed by atoms with Crippen LogP contribution < -0.4 is 10.2 Å². The summed E-state index contributed by atoms with van der Waals surface area (Å²) in [6.07, 6.45) is 1.75. The summed E-state index contributed by atoms with van der Waals surface area (Å²) in [4.78, 5) is 15.1. The zero-order valence-corrected chi connectivity index (χ0v) is 14.4. The molecule has 7 nitrogen and oxygen atoms in total. The van der Waals surface area contributed by atoms with Crippen LogP contribution in [0.5, 0.6) is 0 Å². The number of carbonyl (C=O) groups excluding carboxylic acids is 1. The molecule has 25 heavy (non-hydrogen) atoms. The Morgan fingerprint density at radius 1 is 1.12 bits per heavy atom. The maximum atomic E-state index is 12.2. The van der Waals surface area contributed by atoms with Gasteiger partial charge in [0, 0.05) is 19.1 Å². The van der Waals surface area contributed by atoms with Gasteiger partial charge in [-0.05, 0) is 46.8 Å². The molecular formula is C17H18N6OS. The van der Waals surface area contributed by atoms with Gasteiger partial charge < -0.3 is 10.2 Å². The summed E-state index contributed by atoms with van der Waals surface area (Å²) in [6, 6.07) is 13.8. The highest BCUT2D eigenvalue weighted by molar-refractivity contribution is 7.12. The first kappa shape index (κ1) is 15.8. The number of piperidine rings is 1. The number of anilines is 1. The Balaban J connectivity index is 1.40. The molecular weight excluding hydrogens is 336 g/mol. The van der Waals surface area contributed by atoms with Crippen molar-refractivity contribution in [1.29, 1.82) is 0 Å². The average Bonchev–Trinajstić information content (AvgIpc) is 3.35. The molecule has 1 N–H and O–H groups in total. The Bertz CT molecular complexity index is 824. The van der Waals surface area contributed by atoms with Crippen LogP contribution in [0.3, 0.4) is 0 Å². The molecule has 3 heterocycles. The fraction of sp³-hybridized carbons (Fsp3) is 0.294. The van der Waals surface area contributed by atoms with Crippen molar-refractivity contribution in [1.82, 2.24) is 25.5 Å². The molecule has 0 aliphatic carbocycles. The predicted molar refractivity (Wildman–Crippen MR) is 96.2 cm³/mol. The highest BCUT2D eigenvalue weighted by Gasteiger charge is 2.25. The van der Waals surface area contributed by atoms with E-state index < -0.39 is 0 Å². The molecule has 1 amide bonds. The Hall–Kier alpha value is -2.74. The zero-order chi connectivity index (χ0) is 17.1. The van der Waals surface area contributed by atoms with E-state index in [9.17, 15) is 4.79 Å². The molecule has 0 bridgehead atoms. The normalized spacial score (nSPS) is 15.3. The smallest absolute Gasteiger partial charge is 0.261 e. The van der Waals surface area contributed by atoms with Crippen LogP contribution in [-0.4, -0.2) is 45.2 Å². The van der Waals surface area contributed by atoms with Gasteiger partial charge in [0.1, 0.15) is 0 Å².